The Balaban J connectivity index is 2.30. The molecule has 0 unspecified atom stereocenters. The standard InChI is InChI=1S/C21H21FO4S/c1-13-10-17(14-4-6-15(7-5-14)27(3,24)25)18-11-20(22)21(26-2)12-19(18)16(13)8-9-23/h4-7,10-12,23H,8-9H2,1-3H3. The summed E-state index contributed by atoms with van der Waals surface area (Å²) in [6.45, 7) is 1.92. The smallest absolute Gasteiger partial charge is 0.175 e. The van der Waals surface area contributed by atoms with E-state index in [0.717, 1.165) is 33.9 Å². The van der Waals surface area contributed by atoms with Gasteiger partial charge in [-0.05, 0) is 70.6 Å². The fraction of sp³-hybridized carbons (Fsp3) is 0.238. The molecule has 0 aliphatic carbocycles. The number of ether oxygens (including phenoxy) is 1. The summed E-state index contributed by atoms with van der Waals surface area (Å²) < 4.78 is 42.9. The maximum Gasteiger partial charge on any atom is 0.175 e. The van der Waals surface area contributed by atoms with Crippen molar-refractivity contribution in [1.29, 1.82) is 0 Å². The Morgan fingerprint density at radius 3 is 2.30 bits per heavy atom. The first-order chi connectivity index (χ1) is 12.8. The minimum absolute atomic E-state index is 0.0158. The van der Waals surface area contributed by atoms with Crippen LogP contribution in [0.5, 0.6) is 5.75 Å². The van der Waals surface area contributed by atoms with Crippen molar-refractivity contribution in [2.24, 2.45) is 0 Å². The molecule has 0 atom stereocenters. The second-order valence-corrected chi connectivity index (χ2v) is 8.54. The highest BCUT2D eigenvalue weighted by Crippen LogP contribution is 2.37. The van der Waals surface area contributed by atoms with Crippen LogP contribution in [0.1, 0.15) is 11.1 Å². The highest BCUT2D eigenvalue weighted by molar-refractivity contribution is 7.90. The van der Waals surface area contributed by atoms with E-state index >= 15 is 0 Å². The van der Waals surface area contributed by atoms with Crippen LogP contribution in [0, 0.1) is 12.7 Å². The minimum Gasteiger partial charge on any atom is -0.494 e. The predicted octanol–water partition coefficient (Wildman–Crippen LogP) is 3.90. The number of methoxy groups -OCH3 is 1. The maximum absolute atomic E-state index is 14.4. The summed E-state index contributed by atoms with van der Waals surface area (Å²) in [6, 6.07) is 11.6. The van der Waals surface area contributed by atoms with Crippen LogP contribution in [0.3, 0.4) is 0 Å². The lowest BCUT2D eigenvalue weighted by Gasteiger charge is -2.16. The van der Waals surface area contributed by atoms with Crippen LogP contribution in [-0.4, -0.2) is 33.5 Å². The molecule has 0 fully saturated rings. The summed E-state index contributed by atoms with van der Waals surface area (Å²) in [6.07, 6.45) is 1.61. The lowest BCUT2D eigenvalue weighted by Crippen LogP contribution is -2.00. The largest absolute Gasteiger partial charge is 0.494 e. The van der Waals surface area contributed by atoms with Crippen molar-refractivity contribution in [2.75, 3.05) is 20.0 Å². The molecule has 0 saturated carbocycles. The molecule has 3 aromatic carbocycles. The first-order valence-electron chi connectivity index (χ1n) is 8.47. The number of benzene rings is 3. The zero-order valence-electron chi connectivity index (χ0n) is 15.4. The molecule has 0 heterocycles. The number of aliphatic hydroxyl groups is 1. The molecule has 0 bridgehead atoms. The lowest BCUT2D eigenvalue weighted by molar-refractivity contribution is 0.300. The highest BCUT2D eigenvalue weighted by atomic mass is 32.2. The van der Waals surface area contributed by atoms with E-state index in [1.54, 1.807) is 30.3 Å². The van der Waals surface area contributed by atoms with Crippen LogP contribution in [-0.2, 0) is 16.3 Å². The second kappa shape index (κ2) is 7.29. The van der Waals surface area contributed by atoms with E-state index in [1.807, 2.05) is 13.0 Å². The van der Waals surface area contributed by atoms with E-state index in [2.05, 4.69) is 0 Å². The van der Waals surface area contributed by atoms with Crippen molar-refractivity contribution in [3.05, 3.63) is 59.4 Å². The Bertz CT molecular complexity index is 1100. The van der Waals surface area contributed by atoms with Crippen molar-refractivity contribution in [2.45, 2.75) is 18.2 Å². The number of hydrogen-bond donors (Lipinski definition) is 1. The Kier molecular flexibility index (Phi) is 5.22. The van der Waals surface area contributed by atoms with Crippen LogP contribution in [0.4, 0.5) is 4.39 Å². The average molecular weight is 388 g/mol. The first-order valence-corrected chi connectivity index (χ1v) is 10.4. The van der Waals surface area contributed by atoms with Crippen LogP contribution < -0.4 is 4.74 Å². The molecule has 0 aromatic heterocycles. The van der Waals surface area contributed by atoms with Crippen molar-refractivity contribution in [3.8, 4) is 16.9 Å². The van der Waals surface area contributed by atoms with E-state index in [4.69, 9.17) is 4.74 Å². The van der Waals surface area contributed by atoms with Gasteiger partial charge in [0.1, 0.15) is 0 Å². The van der Waals surface area contributed by atoms with Gasteiger partial charge in [-0.2, -0.15) is 0 Å². The molecule has 1 N–H and O–H groups in total. The van der Waals surface area contributed by atoms with Gasteiger partial charge in [0.05, 0.1) is 12.0 Å². The topological polar surface area (TPSA) is 63.6 Å². The van der Waals surface area contributed by atoms with Crippen molar-refractivity contribution in [1.82, 2.24) is 0 Å². The van der Waals surface area contributed by atoms with Gasteiger partial charge in [-0.25, -0.2) is 12.8 Å². The number of rotatable bonds is 5. The molecule has 0 aliphatic rings. The van der Waals surface area contributed by atoms with Crippen molar-refractivity contribution >= 4 is 20.6 Å². The molecule has 3 rings (SSSR count). The van der Waals surface area contributed by atoms with Gasteiger partial charge >= 0.3 is 0 Å². The third-order valence-corrected chi connectivity index (χ3v) is 5.83. The summed E-state index contributed by atoms with van der Waals surface area (Å²) in [7, 11) is -1.87. The number of hydrogen-bond acceptors (Lipinski definition) is 4. The van der Waals surface area contributed by atoms with E-state index in [-0.39, 0.29) is 17.3 Å². The average Bonchev–Trinajstić information content (AvgIpc) is 2.63. The number of halogens is 1. The van der Waals surface area contributed by atoms with E-state index < -0.39 is 15.7 Å². The van der Waals surface area contributed by atoms with Gasteiger partial charge in [0.15, 0.2) is 21.4 Å². The molecule has 6 heteroatoms. The van der Waals surface area contributed by atoms with E-state index in [0.29, 0.717) is 11.8 Å². The van der Waals surface area contributed by atoms with Crippen LogP contribution >= 0.6 is 0 Å². The zero-order valence-corrected chi connectivity index (χ0v) is 16.2. The number of fused-ring (bicyclic) bond motifs is 1. The van der Waals surface area contributed by atoms with Crippen molar-refractivity contribution in [3.63, 3.8) is 0 Å². The fourth-order valence-electron chi connectivity index (χ4n) is 3.34. The number of aryl methyl sites for hydroxylation is 1. The Morgan fingerprint density at radius 2 is 1.74 bits per heavy atom. The Labute approximate surface area is 158 Å². The van der Waals surface area contributed by atoms with Gasteiger partial charge in [0, 0.05) is 12.9 Å². The predicted molar refractivity (Wildman–Crippen MR) is 105 cm³/mol. The van der Waals surface area contributed by atoms with Gasteiger partial charge < -0.3 is 9.84 Å². The highest BCUT2D eigenvalue weighted by Gasteiger charge is 2.16. The Hall–Kier alpha value is -2.44. The third-order valence-electron chi connectivity index (χ3n) is 4.70. The molecule has 0 saturated heterocycles. The molecular weight excluding hydrogens is 367 g/mol. The van der Waals surface area contributed by atoms with Crippen LogP contribution in [0.25, 0.3) is 21.9 Å². The van der Waals surface area contributed by atoms with E-state index in [9.17, 15) is 17.9 Å². The number of aliphatic hydroxyl groups excluding tert-OH is 1. The molecule has 0 amide bonds. The second-order valence-electron chi connectivity index (χ2n) is 6.52. The molecule has 0 aliphatic heterocycles. The summed E-state index contributed by atoms with van der Waals surface area (Å²) >= 11 is 0. The summed E-state index contributed by atoms with van der Waals surface area (Å²) in [4.78, 5) is 0.233. The van der Waals surface area contributed by atoms with Crippen LogP contribution in [0.2, 0.25) is 0 Å². The molecule has 27 heavy (non-hydrogen) atoms. The molecule has 0 radical (unpaired) electrons. The summed E-state index contributed by atoms with van der Waals surface area (Å²) in [5.74, 6) is -0.330. The molecule has 3 aromatic rings. The molecular formula is C21H21FO4S. The van der Waals surface area contributed by atoms with Crippen LogP contribution in [0.15, 0.2) is 47.4 Å². The van der Waals surface area contributed by atoms with Gasteiger partial charge in [0.25, 0.3) is 0 Å². The van der Waals surface area contributed by atoms with Gasteiger partial charge in [0.2, 0.25) is 0 Å². The minimum atomic E-state index is -3.29. The SMILES string of the molecule is COc1cc2c(CCO)c(C)cc(-c3ccc(S(C)(=O)=O)cc3)c2cc1F. The van der Waals surface area contributed by atoms with Gasteiger partial charge in [-0.15, -0.1) is 0 Å². The van der Waals surface area contributed by atoms with Crippen molar-refractivity contribution < 1.29 is 22.7 Å². The summed E-state index contributed by atoms with van der Waals surface area (Å²) in [5, 5.41) is 10.9. The van der Waals surface area contributed by atoms with Gasteiger partial charge in [-0.3, -0.25) is 0 Å². The maximum atomic E-state index is 14.4. The molecule has 0 spiro atoms. The zero-order chi connectivity index (χ0) is 19.8. The quantitative estimate of drug-likeness (QED) is 0.720. The van der Waals surface area contributed by atoms with E-state index in [1.165, 1.54) is 13.2 Å². The monoisotopic (exact) mass is 388 g/mol. The normalized spacial score (nSPS) is 11.7. The Morgan fingerprint density at radius 1 is 1.07 bits per heavy atom. The lowest BCUT2D eigenvalue weighted by atomic mass is 9.90. The fourth-order valence-corrected chi connectivity index (χ4v) is 3.97. The first kappa shape index (κ1) is 19.3. The summed E-state index contributed by atoms with van der Waals surface area (Å²) in [5.41, 5.74) is 3.48. The molecule has 142 valence electrons. The third kappa shape index (κ3) is 3.68. The molecule has 4 nitrogen and oxygen atoms in total. The van der Waals surface area contributed by atoms with Gasteiger partial charge in [-0.1, -0.05) is 18.2 Å². The number of sulfone groups is 1.